The van der Waals surface area contributed by atoms with Crippen molar-refractivity contribution in [1.29, 1.82) is 0 Å². The summed E-state index contributed by atoms with van der Waals surface area (Å²) in [4.78, 5) is 0. The van der Waals surface area contributed by atoms with Gasteiger partial charge in [0.25, 0.3) is 0 Å². The first-order chi connectivity index (χ1) is 16.3. The van der Waals surface area contributed by atoms with E-state index < -0.39 is 0 Å². The molecule has 0 saturated carbocycles. The van der Waals surface area contributed by atoms with E-state index in [0.29, 0.717) is 0 Å². The third-order valence-electron chi connectivity index (χ3n) is 8.00. The fraction of sp³-hybridized carbons (Fsp3) is 0.636. The van der Waals surface area contributed by atoms with Crippen LogP contribution in [0.4, 0.5) is 0 Å². The minimum absolute atomic E-state index is 0.845. The second kappa shape index (κ2) is 15.4. The molecule has 0 saturated heterocycles. The van der Waals surface area contributed by atoms with Crippen molar-refractivity contribution in [2.75, 3.05) is 0 Å². The van der Waals surface area contributed by atoms with Gasteiger partial charge in [-0.05, 0) is 46.6 Å². The average Bonchev–Trinajstić information content (AvgIpc) is 3.23. The Morgan fingerprint density at radius 3 is 1.82 bits per heavy atom. The molecule has 0 nitrogen and oxygen atoms in total. The fourth-order valence-electron chi connectivity index (χ4n) is 5.80. The van der Waals surface area contributed by atoms with Gasteiger partial charge in [-0.2, -0.15) is 0 Å². The molecule has 3 rings (SSSR count). The van der Waals surface area contributed by atoms with Crippen molar-refractivity contribution in [2.45, 2.75) is 129 Å². The molecule has 0 N–H and O–H groups in total. The Labute approximate surface area is 205 Å². The van der Waals surface area contributed by atoms with Crippen LogP contribution in [-0.2, 0) is 12.8 Å². The smallest absolute Gasteiger partial charge is 0.00107 e. The molecule has 1 aliphatic carbocycles. The van der Waals surface area contributed by atoms with Crippen LogP contribution in [0.3, 0.4) is 0 Å². The minimum Gasteiger partial charge on any atom is -0.0654 e. The zero-order chi connectivity index (χ0) is 23.1. The molecule has 0 spiro atoms. The van der Waals surface area contributed by atoms with Crippen molar-refractivity contribution >= 4 is 0 Å². The largest absolute Gasteiger partial charge is 0.0654 e. The lowest BCUT2D eigenvalue weighted by Crippen LogP contribution is -2.06. The highest BCUT2D eigenvalue weighted by Crippen LogP contribution is 2.39. The molecular formula is C33H50. The third-order valence-corrected chi connectivity index (χ3v) is 8.00. The van der Waals surface area contributed by atoms with Gasteiger partial charge in [0.2, 0.25) is 0 Å². The Morgan fingerprint density at radius 2 is 1.18 bits per heavy atom. The Kier molecular flexibility index (Phi) is 12.1. The van der Waals surface area contributed by atoms with Crippen LogP contribution in [0.15, 0.2) is 42.5 Å². The Bertz CT molecular complexity index is 786. The maximum Gasteiger partial charge on any atom is -0.00107 e. The summed E-state index contributed by atoms with van der Waals surface area (Å²) >= 11 is 0. The molecule has 2 aromatic rings. The molecule has 0 amide bonds. The molecule has 1 unspecified atom stereocenters. The molecule has 0 heterocycles. The summed E-state index contributed by atoms with van der Waals surface area (Å²) in [6.45, 7) is 4.70. The molecule has 0 fully saturated rings. The van der Waals surface area contributed by atoms with Crippen molar-refractivity contribution in [3.05, 3.63) is 59.2 Å². The van der Waals surface area contributed by atoms with E-state index in [2.05, 4.69) is 56.3 Å². The molecule has 2 aromatic carbocycles. The van der Waals surface area contributed by atoms with Gasteiger partial charge in [-0.3, -0.25) is 0 Å². The lowest BCUT2D eigenvalue weighted by Gasteiger charge is -2.17. The van der Waals surface area contributed by atoms with Gasteiger partial charge in [-0.25, -0.2) is 0 Å². The first-order valence-electron chi connectivity index (χ1n) is 14.5. The van der Waals surface area contributed by atoms with Gasteiger partial charge in [0.05, 0.1) is 0 Å². The highest BCUT2D eigenvalue weighted by molar-refractivity contribution is 5.77. The van der Waals surface area contributed by atoms with Gasteiger partial charge >= 0.3 is 0 Å². The predicted molar refractivity (Wildman–Crippen MR) is 147 cm³/mol. The van der Waals surface area contributed by atoms with Crippen LogP contribution in [0.2, 0.25) is 0 Å². The number of hydrogen-bond acceptors (Lipinski definition) is 0. The van der Waals surface area contributed by atoms with E-state index in [9.17, 15) is 0 Å². The Balaban J connectivity index is 1.25. The first-order valence-corrected chi connectivity index (χ1v) is 14.5. The number of unbranched alkanes of at least 4 members (excludes halogenated alkanes) is 13. The van der Waals surface area contributed by atoms with Crippen molar-refractivity contribution in [1.82, 2.24) is 0 Å². The van der Waals surface area contributed by atoms with Crippen LogP contribution in [0, 0.1) is 5.92 Å². The number of benzene rings is 2. The number of hydrogen-bond donors (Lipinski definition) is 0. The third kappa shape index (κ3) is 8.62. The molecule has 1 atom stereocenters. The second-order valence-electron chi connectivity index (χ2n) is 10.6. The van der Waals surface area contributed by atoms with Gasteiger partial charge in [0.15, 0.2) is 0 Å². The zero-order valence-electron chi connectivity index (χ0n) is 21.8. The lowest BCUT2D eigenvalue weighted by atomic mass is 9.88. The summed E-state index contributed by atoms with van der Waals surface area (Å²) in [7, 11) is 0. The number of rotatable bonds is 18. The van der Waals surface area contributed by atoms with Crippen molar-refractivity contribution in [3.63, 3.8) is 0 Å². The Hall–Kier alpha value is -1.56. The summed E-state index contributed by atoms with van der Waals surface area (Å²) in [6.07, 6.45) is 25.4. The van der Waals surface area contributed by atoms with Gasteiger partial charge < -0.3 is 0 Å². The topological polar surface area (TPSA) is 0 Å². The van der Waals surface area contributed by atoms with Crippen LogP contribution >= 0.6 is 0 Å². The second-order valence-corrected chi connectivity index (χ2v) is 10.6. The molecule has 182 valence electrons. The van der Waals surface area contributed by atoms with E-state index >= 15 is 0 Å². The standard InChI is InChI=1S/C33H50/c1-3-5-6-7-8-9-10-11-12-13-14-15-16-17-21-28(4-2)26-29-23-20-25-32-31-24-19-18-22-30(31)27-33(29)32/h18-20,22-25,28H,3-17,21,26-27H2,1-2H3. The van der Waals surface area contributed by atoms with Crippen LogP contribution in [0.25, 0.3) is 11.1 Å². The lowest BCUT2D eigenvalue weighted by molar-refractivity contribution is 0.434. The van der Waals surface area contributed by atoms with Crippen LogP contribution in [-0.4, -0.2) is 0 Å². The molecule has 1 aliphatic rings. The van der Waals surface area contributed by atoms with E-state index in [1.54, 1.807) is 11.1 Å². The molecule has 0 aliphatic heterocycles. The van der Waals surface area contributed by atoms with Gasteiger partial charge in [0, 0.05) is 0 Å². The molecule has 0 bridgehead atoms. The summed E-state index contributed by atoms with van der Waals surface area (Å²) < 4.78 is 0. The monoisotopic (exact) mass is 446 g/mol. The van der Waals surface area contributed by atoms with Crippen molar-refractivity contribution < 1.29 is 0 Å². The van der Waals surface area contributed by atoms with Gasteiger partial charge in [0.1, 0.15) is 0 Å². The molecular weight excluding hydrogens is 396 g/mol. The maximum absolute atomic E-state index is 2.40. The average molecular weight is 447 g/mol. The van der Waals surface area contributed by atoms with Crippen molar-refractivity contribution in [3.8, 4) is 11.1 Å². The van der Waals surface area contributed by atoms with E-state index in [1.165, 1.54) is 126 Å². The Morgan fingerprint density at radius 1 is 0.606 bits per heavy atom. The summed E-state index contributed by atoms with van der Waals surface area (Å²) in [5, 5.41) is 0. The summed E-state index contributed by atoms with van der Waals surface area (Å²) in [5.74, 6) is 0.845. The van der Waals surface area contributed by atoms with Crippen LogP contribution in [0.1, 0.15) is 133 Å². The van der Waals surface area contributed by atoms with E-state index in [4.69, 9.17) is 0 Å². The van der Waals surface area contributed by atoms with Crippen LogP contribution < -0.4 is 0 Å². The van der Waals surface area contributed by atoms with Crippen LogP contribution in [0.5, 0.6) is 0 Å². The van der Waals surface area contributed by atoms with Gasteiger partial charge in [-0.1, -0.05) is 159 Å². The van der Waals surface area contributed by atoms with E-state index in [-0.39, 0.29) is 0 Å². The predicted octanol–water partition coefficient (Wildman–Crippen LogP) is 10.7. The SMILES string of the molecule is CCCCCCCCCCCCCCCCC(CC)Cc1cccc2c1Cc1ccccc1-2. The van der Waals surface area contributed by atoms with Crippen molar-refractivity contribution in [2.24, 2.45) is 5.92 Å². The molecule has 0 radical (unpaired) electrons. The first kappa shape index (κ1) is 26.1. The number of fused-ring (bicyclic) bond motifs is 3. The molecule has 0 heteroatoms. The normalized spacial score (nSPS) is 13.2. The molecule has 33 heavy (non-hydrogen) atoms. The van der Waals surface area contributed by atoms with E-state index in [0.717, 1.165) is 12.3 Å². The quantitative estimate of drug-likeness (QED) is 0.170. The zero-order valence-corrected chi connectivity index (χ0v) is 21.8. The highest BCUT2D eigenvalue weighted by atomic mass is 14.3. The minimum atomic E-state index is 0.845. The fourth-order valence-corrected chi connectivity index (χ4v) is 5.80. The summed E-state index contributed by atoms with van der Waals surface area (Å²) in [5.41, 5.74) is 7.70. The van der Waals surface area contributed by atoms with Gasteiger partial charge in [-0.15, -0.1) is 0 Å². The highest BCUT2D eigenvalue weighted by Gasteiger charge is 2.21. The molecule has 0 aromatic heterocycles. The van der Waals surface area contributed by atoms with E-state index in [1.807, 2.05) is 0 Å². The maximum atomic E-state index is 2.40. The summed E-state index contributed by atoms with van der Waals surface area (Å²) in [6, 6.07) is 16.0.